The number of amides is 2. The van der Waals surface area contributed by atoms with Gasteiger partial charge in [0.05, 0.1) is 5.69 Å². The Hall–Kier alpha value is -3.08. The lowest BCUT2D eigenvalue weighted by molar-refractivity contribution is -0.117. The van der Waals surface area contributed by atoms with Crippen LogP contribution < -0.4 is 15.3 Å². The van der Waals surface area contributed by atoms with Crippen LogP contribution in [0.1, 0.15) is 43.4 Å². The van der Waals surface area contributed by atoms with Crippen LogP contribution in [0.3, 0.4) is 0 Å². The third-order valence-electron chi connectivity index (χ3n) is 5.20. The van der Waals surface area contributed by atoms with Crippen LogP contribution in [0, 0.1) is 13.8 Å². The van der Waals surface area contributed by atoms with Crippen LogP contribution in [-0.2, 0) is 9.59 Å². The summed E-state index contributed by atoms with van der Waals surface area (Å²) < 4.78 is 0. The monoisotopic (exact) mass is 391 g/mol. The highest BCUT2D eigenvalue weighted by atomic mass is 16.2. The van der Waals surface area contributed by atoms with Crippen LogP contribution in [0.5, 0.6) is 0 Å². The average Bonchev–Trinajstić information content (AvgIpc) is 2.99. The molecule has 0 atom stereocenters. The van der Waals surface area contributed by atoms with Gasteiger partial charge in [0.25, 0.3) is 11.8 Å². The zero-order valence-electron chi connectivity index (χ0n) is 17.7. The molecule has 5 nitrogen and oxygen atoms in total. The minimum absolute atomic E-state index is 0.148. The van der Waals surface area contributed by atoms with Gasteiger partial charge in [-0.3, -0.25) is 15.0 Å². The zero-order chi connectivity index (χ0) is 21.0. The topological polar surface area (TPSA) is 52.7 Å². The number of hydrogen-bond acceptors (Lipinski definition) is 3. The number of carbonyl (C=O) groups is 2. The molecule has 152 valence electrons. The number of carbonyl (C=O) groups excluding carboxylic acids is 2. The van der Waals surface area contributed by atoms with Gasteiger partial charge in [-0.2, -0.15) is 0 Å². The molecule has 29 heavy (non-hydrogen) atoms. The molecule has 5 heteroatoms. The molecule has 1 aliphatic rings. The molecule has 2 amide bonds. The van der Waals surface area contributed by atoms with Crippen molar-refractivity contribution in [2.24, 2.45) is 0 Å². The maximum atomic E-state index is 12.8. The second-order valence-electron chi connectivity index (χ2n) is 7.49. The van der Waals surface area contributed by atoms with Gasteiger partial charge in [-0.15, -0.1) is 0 Å². The minimum Gasteiger partial charge on any atom is -0.372 e. The summed E-state index contributed by atoms with van der Waals surface area (Å²) in [6, 6.07) is 13.7. The van der Waals surface area contributed by atoms with Gasteiger partial charge in [0.1, 0.15) is 5.57 Å². The molecule has 1 fully saturated rings. The summed E-state index contributed by atoms with van der Waals surface area (Å²) >= 11 is 0. The smallest absolute Gasteiger partial charge is 0.282 e. The fourth-order valence-electron chi connectivity index (χ4n) is 3.46. The molecule has 0 aromatic heterocycles. The lowest BCUT2D eigenvalue weighted by Gasteiger charge is -2.23. The van der Waals surface area contributed by atoms with Crippen molar-refractivity contribution in [3.05, 3.63) is 64.7 Å². The lowest BCUT2D eigenvalue weighted by atomic mass is 10.1. The number of nitrogens with zero attached hydrogens (tertiary/aromatic N) is 2. The van der Waals surface area contributed by atoms with E-state index in [1.807, 2.05) is 44.2 Å². The van der Waals surface area contributed by atoms with Crippen LogP contribution >= 0.6 is 0 Å². The summed E-state index contributed by atoms with van der Waals surface area (Å²) in [7, 11) is 0. The molecule has 0 spiro atoms. The molecule has 1 saturated heterocycles. The van der Waals surface area contributed by atoms with E-state index >= 15 is 0 Å². The van der Waals surface area contributed by atoms with E-state index in [-0.39, 0.29) is 17.4 Å². The summed E-state index contributed by atoms with van der Waals surface area (Å²) in [5.74, 6) is -0.711. The highest BCUT2D eigenvalue weighted by Gasteiger charge is 2.34. The fourth-order valence-corrected chi connectivity index (χ4v) is 3.46. The van der Waals surface area contributed by atoms with Gasteiger partial charge in [-0.25, -0.2) is 5.01 Å². The number of hydrogen-bond donors (Lipinski definition) is 1. The van der Waals surface area contributed by atoms with E-state index in [1.54, 1.807) is 6.08 Å². The average molecular weight is 392 g/mol. The molecule has 1 N–H and O–H groups in total. The Bertz CT molecular complexity index is 926. The van der Waals surface area contributed by atoms with E-state index in [0.717, 1.165) is 48.3 Å². The highest BCUT2D eigenvalue weighted by molar-refractivity contribution is 6.31. The van der Waals surface area contributed by atoms with Crippen LogP contribution in [0.4, 0.5) is 11.4 Å². The second kappa shape index (κ2) is 8.95. The summed E-state index contributed by atoms with van der Waals surface area (Å²) in [6.45, 7) is 10.4. The number of benzene rings is 2. The van der Waals surface area contributed by atoms with E-state index in [1.165, 1.54) is 5.01 Å². The van der Waals surface area contributed by atoms with Crippen molar-refractivity contribution >= 4 is 29.3 Å². The van der Waals surface area contributed by atoms with Gasteiger partial charge in [0, 0.05) is 18.8 Å². The molecule has 3 rings (SSSR count). The van der Waals surface area contributed by atoms with Gasteiger partial charge in [-0.1, -0.05) is 32.0 Å². The Morgan fingerprint density at radius 3 is 2.17 bits per heavy atom. The maximum Gasteiger partial charge on any atom is 0.282 e. The van der Waals surface area contributed by atoms with Crippen molar-refractivity contribution in [1.29, 1.82) is 0 Å². The second-order valence-corrected chi connectivity index (χ2v) is 7.49. The van der Waals surface area contributed by atoms with Crippen LogP contribution in [0.2, 0.25) is 0 Å². The molecular formula is C24H29N3O2. The molecule has 0 aliphatic carbocycles. The minimum atomic E-state index is -0.379. The largest absolute Gasteiger partial charge is 0.372 e. The first-order valence-corrected chi connectivity index (χ1v) is 10.2. The molecule has 2 aromatic rings. The van der Waals surface area contributed by atoms with Crippen molar-refractivity contribution in [1.82, 2.24) is 5.43 Å². The van der Waals surface area contributed by atoms with Gasteiger partial charge in [-0.05, 0) is 73.7 Å². The van der Waals surface area contributed by atoms with E-state index in [2.05, 4.69) is 36.3 Å². The van der Waals surface area contributed by atoms with E-state index in [0.29, 0.717) is 5.69 Å². The van der Waals surface area contributed by atoms with Crippen molar-refractivity contribution in [2.45, 2.75) is 40.5 Å². The van der Waals surface area contributed by atoms with Gasteiger partial charge in [0.15, 0.2) is 0 Å². The van der Waals surface area contributed by atoms with E-state index in [9.17, 15) is 9.59 Å². The zero-order valence-corrected chi connectivity index (χ0v) is 17.7. The molecule has 0 saturated carbocycles. The van der Waals surface area contributed by atoms with Gasteiger partial charge in [0.2, 0.25) is 0 Å². The van der Waals surface area contributed by atoms with Gasteiger partial charge >= 0.3 is 0 Å². The predicted octanol–water partition coefficient (Wildman–Crippen LogP) is 4.39. The number of rotatable bonds is 7. The quantitative estimate of drug-likeness (QED) is 0.562. The highest BCUT2D eigenvalue weighted by Crippen LogP contribution is 2.24. The Morgan fingerprint density at radius 2 is 1.59 bits per heavy atom. The molecule has 1 aliphatic heterocycles. The van der Waals surface area contributed by atoms with E-state index < -0.39 is 0 Å². The first-order chi connectivity index (χ1) is 13.9. The maximum absolute atomic E-state index is 12.8. The number of anilines is 2. The summed E-state index contributed by atoms with van der Waals surface area (Å²) in [5.41, 5.74) is 7.69. The Morgan fingerprint density at radius 1 is 0.931 bits per heavy atom. The van der Waals surface area contributed by atoms with Crippen LogP contribution in [-0.4, -0.2) is 24.9 Å². The van der Waals surface area contributed by atoms with Crippen molar-refractivity contribution in [3.63, 3.8) is 0 Å². The fraction of sp³-hybridized carbons (Fsp3) is 0.333. The number of hydrazine groups is 1. The molecule has 0 unspecified atom stereocenters. The van der Waals surface area contributed by atoms with Crippen molar-refractivity contribution in [2.75, 3.05) is 23.0 Å². The summed E-state index contributed by atoms with van der Waals surface area (Å²) in [6.07, 6.45) is 3.84. The first kappa shape index (κ1) is 20.6. The third kappa shape index (κ3) is 4.50. The number of aryl methyl sites for hydroxylation is 2. The number of nitrogens with one attached hydrogen (secondary N) is 1. The SMILES string of the molecule is CCCN(CCC)c1ccc(C=C2C(=O)NN(c3ccc(C)c(C)c3)C2=O)cc1. The van der Waals surface area contributed by atoms with Crippen LogP contribution in [0.15, 0.2) is 48.0 Å². The molecule has 2 aromatic carbocycles. The summed E-state index contributed by atoms with van der Waals surface area (Å²) in [5, 5.41) is 1.32. The van der Waals surface area contributed by atoms with E-state index in [4.69, 9.17) is 0 Å². The standard InChI is InChI=1S/C24H29N3O2/c1-5-13-26(14-6-2)20-11-8-19(9-12-20)16-22-23(28)25-27(24(22)29)21-10-7-17(3)18(4)15-21/h7-12,15-16H,5-6,13-14H2,1-4H3,(H,25,28). The van der Waals surface area contributed by atoms with Crippen LogP contribution in [0.25, 0.3) is 6.08 Å². The van der Waals surface area contributed by atoms with Crippen molar-refractivity contribution in [3.8, 4) is 0 Å². The summed E-state index contributed by atoms with van der Waals surface area (Å²) in [4.78, 5) is 27.6. The Labute approximate surface area is 173 Å². The molecular weight excluding hydrogens is 362 g/mol. The molecule has 0 bridgehead atoms. The third-order valence-corrected chi connectivity index (χ3v) is 5.20. The Kier molecular flexibility index (Phi) is 6.37. The first-order valence-electron chi connectivity index (χ1n) is 10.2. The van der Waals surface area contributed by atoms with Crippen molar-refractivity contribution < 1.29 is 9.59 Å². The normalized spacial score (nSPS) is 15.2. The van der Waals surface area contributed by atoms with Gasteiger partial charge < -0.3 is 4.90 Å². The Balaban J connectivity index is 1.81. The lowest BCUT2D eigenvalue weighted by Crippen LogP contribution is -2.35. The molecule has 1 heterocycles. The predicted molar refractivity (Wildman–Crippen MR) is 119 cm³/mol. The molecule has 0 radical (unpaired) electrons.